The summed E-state index contributed by atoms with van der Waals surface area (Å²) < 4.78 is 39.4. The second kappa shape index (κ2) is 5.89. The average Bonchev–Trinajstić information content (AvgIpc) is 2.41. The van der Waals surface area contributed by atoms with Crippen LogP contribution in [0.2, 0.25) is 0 Å². The third-order valence-corrected chi connectivity index (χ3v) is 2.97. The van der Waals surface area contributed by atoms with Crippen LogP contribution in [0.5, 0.6) is 0 Å². The Balaban J connectivity index is 2.03. The van der Waals surface area contributed by atoms with E-state index in [0.29, 0.717) is 6.54 Å². The highest BCUT2D eigenvalue weighted by atomic mass is 19.2. The Kier molecular flexibility index (Phi) is 4.22. The Morgan fingerprint density at radius 1 is 1.00 bits per heavy atom. The lowest BCUT2D eigenvalue weighted by molar-refractivity contribution is 0.472. The average molecular weight is 265 g/mol. The molecule has 0 aliphatic heterocycles. The van der Waals surface area contributed by atoms with Gasteiger partial charge in [0.15, 0.2) is 11.6 Å². The van der Waals surface area contributed by atoms with Crippen molar-refractivity contribution in [3.05, 3.63) is 71.0 Å². The molecule has 1 unspecified atom stereocenters. The highest BCUT2D eigenvalue weighted by molar-refractivity contribution is 5.22. The first kappa shape index (κ1) is 13.6. The summed E-state index contributed by atoms with van der Waals surface area (Å²) in [4.78, 5) is 0. The van der Waals surface area contributed by atoms with Gasteiger partial charge >= 0.3 is 0 Å². The molecule has 0 aliphatic rings. The molecule has 0 saturated heterocycles. The zero-order valence-corrected chi connectivity index (χ0v) is 10.5. The van der Waals surface area contributed by atoms with Gasteiger partial charge in [0, 0.05) is 18.2 Å². The molecule has 0 bridgehead atoms. The van der Waals surface area contributed by atoms with E-state index < -0.39 is 11.6 Å². The molecule has 0 amide bonds. The molecule has 19 heavy (non-hydrogen) atoms. The molecule has 1 N–H and O–H groups in total. The zero-order chi connectivity index (χ0) is 13.8. The van der Waals surface area contributed by atoms with Crippen LogP contribution < -0.4 is 5.32 Å². The summed E-state index contributed by atoms with van der Waals surface area (Å²) in [7, 11) is 0. The SMILES string of the molecule is CC(NCc1ccc(F)cc1)c1cccc(F)c1F. The molecular weight excluding hydrogens is 251 g/mol. The highest BCUT2D eigenvalue weighted by Gasteiger charge is 2.13. The predicted molar refractivity (Wildman–Crippen MR) is 68.0 cm³/mol. The number of hydrogen-bond donors (Lipinski definition) is 1. The fourth-order valence-corrected chi connectivity index (χ4v) is 1.84. The first-order valence-electron chi connectivity index (χ1n) is 5.99. The topological polar surface area (TPSA) is 12.0 Å². The maximum Gasteiger partial charge on any atom is 0.163 e. The van der Waals surface area contributed by atoms with Crippen LogP contribution in [0.3, 0.4) is 0 Å². The van der Waals surface area contributed by atoms with Gasteiger partial charge < -0.3 is 5.32 Å². The van der Waals surface area contributed by atoms with Gasteiger partial charge in [0.2, 0.25) is 0 Å². The maximum atomic E-state index is 13.6. The molecule has 100 valence electrons. The first-order chi connectivity index (χ1) is 9.08. The zero-order valence-electron chi connectivity index (χ0n) is 10.5. The Morgan fingerprint density at radius 2 is 1.68 bits per heavy atom. The lowest BCUT2D eigenvalue weighted by Crippen LogP contribution is -2.19. The minimum atomic E-state index is -0.854. The van der Waals surface area contributed by atoms with E-state index in [1.54, 1.807) is 25.1 Å². The van der Waals surface area contributed by atoms with Crippen molar-refractivity contribution in [3.63, 3.8) is 0 Å². The number of nitrogens with one attached hydrogen (secondary N) is 1. The number of rotatable bonds is 4. The van der Waals surface area contributed by atoms with Crippen molar-refractivity contribution in [2.24, 2.45) is 0 Å². The van der Waals surface area contributed by atoms with Crippen molar-refractivity contribution in [2.75, 3.05) is 0 Å². The van der Waals surface area contributed by atoms with E-state index in [0.717, 1.165) is 11.6 Å². The van der Waals surface area contributed by atoms with Crippen LogP contribution in [0.15, 0.2) is 42.5 Å². The van der Waals surface area contributed by atoms with Crippen LogP contribution in [0, 0.1) is 17.5 Å². The Hall–Kier alpha value is -1.81. The van der Waals surface area contributed by atoms with Crippen LogP contribution >= 0.6 is 0 Å². The third kappa shape index (κ3) is 3.35. The Morgan fingerprint density at radius 3 is 2.37 bits per heavy atom. The molecule has 1 atom stereocenters. The van der Waals surface area contributed by atoms with Crippen molar-refractivity contribution in [2.45, 2.75) is 19.5 Å². The summed E-state index contributed by atoms with van der Waals surface area (Å²) in [6, 6.07) is 9.81. The number of halogens is 3. The molecule has 0 saturated carbocycles. The van der Waals surface area contributed by atoms with E-state index in [-0.39, 0.29) is 17.4 Å². The molecule has 0 fully saturated rings. The number of hydrogen-bond acceptors (Lipinski definition) is 1. The standard InChI is InChI=1S/C15H14F3N/c1-10(13-3-2-4-14(17)15(13)18)19-9-11-5-7-12(16)8-6-11/h2-8,10,19H,9H2,1H3. The minimum absolute atomic E-state index is 0.280. The van der Waals surface area contributed by atoms with Gasteiger partial charge in [0.05, 0.1) is 0 Å². The summed E-state index contributed by atoms with van der Waals surface area (Å²) in [5, 5.41) is 3.07. The molecule has 2 aromatic rings. The van der Waals surface area contributed by atoms with Gasteiger partial charge in [-0.3, -0.25) is 0 Å². The third-order valence-electron chi connectivity index (χ3n) is 2.97. The van der Waals surface area contributed by atoms with Crippen LogP contribution in [0.25, 0.3) is 0 Å². The van der Waals surface area contributed by atoms with Gasteiger partial charge in [0.1, 0.15) is 5.82 Å². The van der Waals surface area contributed by atoms with Crippen LogP contribution in [-0.2, 0) is 6.54 Å². The van der Waals surface area contributed by atoms with E-state index in [1.165, 1.54) is 18.2 Å². The second-order valence-electron chi connectivity index (χ2n) is 4.37. The second-order valence-corrected chi connectivity index (χ2v) is 4.37. The fourth-order valence-electron chi connectivity index (χ4n) is 1.84. The van der Waals surface area contributed by atoms with Gasteiger partial charge in [-0.2, -0.15) is 0 Å². The summed E-state index contributed by atoms with van der Waals surface area (Å²) in [5.74, 6) is -1.98. The van der Waals surface area contributed by atoms with Crippen molar-refractivity contribution in [1.82, 2.24) is 5.32 Å². The van der Waals surface area contributed by atoms with Gasteiger partial charge in [-0.25, -0.2) is 13.2 Å². The monoisotopic (exact) mass is 265 g/mol. The van der Waals surface area contributed by atoms with Crippen LogP contribution in [0.4, 0.5) is 13.2 Å². The largest absolute Gasteiger partial charge is 0.306 e. The first-order valence-corrected chi connectivity index (χ1v) is 5.99. The molecule has 0 heterocycles. The Labute approximate surface area is 110 Å². The molecule has 0 radical (unpaired) electrons. The molecule has 0 aromatic heterocycles. The molecule has 2 aromatic carbocycles. The highest BCUT2D eigenvalue weighted by Crippen LogP contribution is 2.19. The van der Waals surface area contributed by atoms with E-state index >= 15 is 0 Å². The maximum absolute atomic E-state index is 13.6. The van der Waals surface area contributed by atoms with Crippen molar-refractivity contribution in [1.29, 1.82) is 0 Å². The quantitative estimate of drug-likeness (QED) is 0.882. The minimum Gasteiger partial charge on any atom is -0.306 e. The fraction of sp³-hybridized carbons (Fsp3) is 0.200. The normalized spacial score (nSPS) is 12.4. The predicted octanol–water partition coefficient (Wildman–Crippen LogP) is 3.95. The lowest BCUT2D eigenvalue weighted by Gasteiger charge is -2.15. The molecule has 4 heteroatoms. The van der Waals surface area contributed by atoms with Gasteiger partial charge in [-0.05, 0) is 30.7 Å². The van der Waals surface area contributed by atoms with E-state index in [1.807, 2.05) is 0 Å². The molecule has 2 rings (SSSR count). The molecular formula is C15H14F3N. The van der Waals surface area contributed by atoms with Gasteiger partial charge in [0.25, 0.3) is 0 Å². The van der Waals surface area contributed by atoms with Crippen molar-refractivity contribution >= 4 is 0 Å². The summed E-state index contributed by atoms with van der Waals surface area (Å²) in [6.07, 6.45) is 0. The van der Waals surface area contributed by atoms with E-state index in [9.17, 15) is 13.2 Å². The van der Waals surface area contributed by atoms with E-state index in [2.05, 4.69) is 5.32 Å². The molecule has 0 aliphatic carbocycles. The molecule has 0 spiro atoms. The van der Waals surface area contributed by atoms with E-state index in [4.69, 9.17) is 0 Å². The number of benzene rings is 2. The summed E-state index contributed by atoms with van der Waals surface area (Å²) >= 11 is 0. The summed E-state index contributed by atoms with van der Waals surface area (Å²) in [6.45, 7) is 2.21. The van der Waals surface area contributed by atoms with Crippen LogP contribution in [-0.4, -0.2) is 0 Å². The smallest absolute Gasteiger partial charge is 0.163 e. The van der Waals surface area contributed by atoms with Gasteiger partial charge in [-0.15, -0.1) is 0 Å². The Bertz CT molecular complexity index is 552. The van der Waals surface area contributed by atoms with Crippen molar-refractivity contribution in [3.8, 4) is 0 Å². The van der Waals surface area contributed by atoms with Crippen LogP contribution in [0.1, 0.15) is 24.1 Å². The van der Waals surface area contributed by atoms with Gasteiger partial charge in [-0.1, -0.05) is 24.3 Å². The van der Waals surface area contributed by atoms with Crippen molar-refractivity contribution < 1.29 is 13.2 Å². The molecule has 1 nitrogen and oxygen atoms in total. The lowest BCUT2D eigenvalue weighted by atomic mass is 10.1. The summed E-state index contributed by atoms with van der Waals surface area (Å²) in [5.41, 5.74) is 1.16.